The van der Waals surface area contributed by atoms with Crippen molar-refractivity contribution in [1.82, 2.24) is 14.5 Å². The second-order valence-corrected chi connectivity index (χ2v) is 7.21. The normalized spacial score (nSPS) is 16.7. The van der Waals surface area contributed by atoms with E-state index in [9.17, 15) is 23.2 Å². The first-order valence-electron chi connectivity index (χ1n) is 9.58. The third-order valence-corrected chi connectivity index (χ3v) is 5.20. The van der Waals surface area contributed by atoms with Crippen LogP contribution in [-0.2, 0) is 24.9 Å². The number of nitrogens with zero attached hydrogens (tertiary/aromatic N) is 3. The van der Waals surface area contributed by atoms with Gasteiger partial charge in [0.1, 0.15) is 17.5 Å². The lowest BCUT2D eigenvalue weighted by atomic mass is 9.97. The van der Waals surface area contributed by atoms with Crippen molar-refractivity contribution in [2.24, 2.45) is 13.0 Å². The number of rotatable bonds is 5. The summed E-state index contributed by atoms with van der Waals surface area (Å²) in [7, 11) is 1.43. The van der Waals surface area contributed by atoms with Crippen LogP contribution in [0.25, 0.3) is 0 Å². The minimum atomic E-state index is -0.693. The Labute approximate surface area is 166 Å². The van der Waals surface area contributed by atoms with Gasteiger partial charge in [0.05, 0.1) is 5.92 Å². The van der Waals surface area contributed by atoms with Gasteiger partial charge in [-0.1, -0.05) is 0 Å². The molecule has 1 unspecified atom stereocenters. The molecule has 1 amide bonds. The average molecular weight is 406 g/mol. The van der Waals surface area contributed by atoms with Crippen LogP contribution < -0.4 is 21.5 Å². The second-order valence-electron chi connectivity index (χ2n) is 7.21. The molecule has 1 fully saturated rings. The highest BCUT2D eigenvalue weighted by atomic mass is 19.1. The first-order valence-corrected chi connectivity index (χ1v) is 9.58. The molecule has 9 heteroatoms. The molecule has 29 heavy (non-hydrogen) atoms. The lowest BCUT2D eigenvalue weighted by Gasteiger charge is -2.34. The van der Waals surface area contributed by atoms with Crippen molar-refractivity contribution in [1.29, 1.82) is 0 Å². The summed E-state index contributed by atoms with van der Waals surface area (Å²) < 4.78 is 29.2. The SMILES string of the molecule is CCn1c(N2CCCC(C(=O)NCc3cc(F)cc(F)c3)C2)cc(=O)n(C)c1=O. The second kappa shape index (κ2) is 8.59. The standard InChI is InChI=1S/C20H24F2N4O3/c1-3-26-17(10-18(27)24(2)20(26)29)25-6-4-5-14(12-25)19(28)23-11-13-7-15(21)9-16(22)8-13/h7-10,14H,3-6,11-12H2,1-2H3,(H,23,28). The van der Waals surface area contributed by atoms with Gasteiger partial charge in [-0.2, -0.15) is 0 Å². The summed E-state index contributed by atoms with van der Waals surface area (Å²) in [6.07, 6.45) is 1.38. The van der Waals surface area contributed by atoms with Crippen LogP contribution in [0.4, 0.5) is 14.6 Å². The molecule has 2 aromatic rings. The smallest absolute Gasteiger partial charge is 0.332 e. The Morgan fingerprint density at radius 2 is 1.86 bits per heavy atom. The Morgan fingerprint density at radius 1 is 1.17 bits per heavy atom. The van der Waals surface area contributed by atoms with Gasteiger partial charge in [-0.15, -0.1) is 0 Å². The molecule has 1 aromatic heterocycles. The van der Waals surface area contributed by atoms with E-state index in [1.54, 1.807) is 0 Å². The van der Waals surface area contributed by atoms with Crippen LogP contribution in [0.5, 0.6) is 0 Å². The summed E-state index contributed by atoms with van der Waals surface area (Å²) >= 11 is 0. The minimum Gasteiger partial charge on any atom is -0.357 e. The van der Waals surface area contributed by atoms with Crippen molar-refractivity contribution in [3.63, 3.8) is 0 Å². The van der Waals surface area contributed by atoms with E-state index in [2.05, 4.69) is 5.32 Å². The van der Waals surface area contributed by atoms with Crippen LogP contribution in [0.1, 0.15) is 25.3 Å². The summed E-state index contributed by atoms with van der Waals surface area (Å²) in [6, 6.07) is 4.55. The number of hydrogen-bond acceptors (Lipinski definition) is 4. The van der Waals surface area contributed by atoms with Gasteiger partial charge in [-0.25, -0.2) is 13.6 Å². The first kappa shape index (κ1) is 20.8. The summed E-state index contributed by atoms with van der Waals surface area (Å²) in [4.78, 5) is 38.9. The van der Waals surface area contributed by atoms with E-state index in [0.717, 1.165) is 17.1 Å². The van der Waals surface area contributed by atoms with Crippen LogP contribution in [0, 0.1) is 17.6 Å². The number of halogens is 2. The highest BCUT2D eigenvalue weighted by Gasteiger charge is 2.27. The zero-order valence-electron chi connectivity index (χ0n) is 16.5. The van der Waals surface area contributed by atoms with Crippen molar-refractivity contribution < 1.29 is 13.6 Å². The van der Waals surface area contributed by atoms with Crippen molar-refractivity contribution >= 4 is 11.7 Å². The number of nitrogens with one attached hydrogen (secondary N) is 1. The molecule has 1 N–H and O–H groups in total. The Balaban J connectivity index is 1.73. The highest BCUT2D eigenvalue weighted by molar-refractivity contribution is 5.79. The number of anilines is 1. The van der Waals surface area contributed by atoms with E-state index < -0.39 is 22.9 Å². The summed E-state index contributed by atoms with van der Waals surface area (Å²) in [6.45, 7) is 3.24. The molecule has 156 valence electrons. The molecule has 7 nitrogen and oxygen atoms in total. The molecule has 1 aliphatic heterocycles. The summed E-state index contributed by atoms with van der Waals surface area (Å²) in [5, 5.41) is 2.72. The largest absolute Gasteiger partial charge is 0.357 e. The number of hydrogen-bond donors (Lipinski definition) is 1. The molecule has 1 atom stereocenters. The Morgan fingerprint density at radius 3 is 2.52 bits per heavy atom. The van der Waals surface area contributed by atoms with Gasteiger partial charge in [0.15, 0.2) is 0 Å². The molecular formula is C20H24F2N4O3. The minimum absolute atomic E-state index is 0.0234. The summed E-state index contributed by atoms with van der Waals surface area (Å²) in [5.41, 5.74) is -0.445. The summed E-state index contributed by atoms with van der Waals surface area (Å²) in [5.74, 6) is -1.46. The molecule has 0 radical (unpaired) electrons. The zero-order chi connectivity index (χ0) is 21.1. The maximum atomic E-state index is 13.3. The molecule has 3 rings (SSSR count). The molecular weight excluding hydrogens is 382 g/mol. The van der Waals surface area contributed by atoms with Gasteiger partial charge < -0.3 is 10.2 Å². The van der Waals surface area contributed by atoms with Crippen LogP contribution in [-0.4, -0.2) is 28.1 Å². The quantitative estimate of drug-likeness (QED) is 0.814. The van der Waals surface area contributed by atoms with Crippen molar-refractivity contribution in [2.75, 3.05) is 18.0 Å². The van der Waals surface area contributed by atoms with Gasteiger partial charge >= 0.3 is 5.69 Å². The van der Waals surface area contributed by atoms with E-state index in [-0.39, 0.29) is 18.4 Å². The monoisotopic (exact) mass is 406 g/mol. The van der Waals surface area contributed by atoms with E-state index in [0.29, 0.717) is 37.4 Å². The molecule has 1 saturated heterocycles. The van der Waals surface area contributed by atoms with Crippen LogP contribution >= 0.6 is 0 Å². The van der Waals surface area contributed by atoms with Gasteiger partial charge in [0, 0.05) is 45.4 Å². The Bertz CT molecular complexity index is 1010. The molecule has 0 bridgehead atoms. The number of carbonyl (C=O) groups is 1. The van der Waals surface area contributed by atoms with Gasteiger partial charge in [0.25, 0.3) is 5.56 Å². The van der Waals surface area contributed by atoms with Crippen LogP contribution in [0.15, 0.2) is 33.9 Å². The molecule has 2 heterocycles. The van der Waals surface area contributed by atoms with E-state index in [1.165, 1.54) is 29.8 Å². The van der Waals surface area contributed by atoms with Gasteiger partial charge in [0.2, 0.25) is 5.91 Å². The van der Waals surface area contributed by atoms with Gasteiger partial charge in [-0.05, 0) is 37.5 Å². The average Bonchev–Trinajstić information content (AvgIpc) is 2.69. The Kier molecular flexibility index (Phi) is 6.14. The molecule has 1 aromatic carbocycles. The number of aromatic nitrogens is 2. The predicted molar refractivity (Wildman–Crippen MR) is 105 cm³/mol. The molecule has 0 spiro atoms. The fourth-order valence-electron chi connectivity index (χ4n) is 3.66. The van der Waals surface area contributed by atoms with Crippen molar-refractivity contribution in [2.45, 2.75) is 32.9 Å². The Hall–Kier alpha value is -2.97. The number of carbonyl (C=O) groups excluding carboxylic acids is 1. The third-order valence-electron chi connectivity index (χ3n) is 5.20. The zero-order valence-corrected chi connectivity index (χ0v) is 16.5. The topological polar surface area (TPSA) is 76.3 Å². The first-order chi connectivity index (χ1) is 13.8. The number of amides is 1. The molecule has 0 saturated carbocycles. The lowest BCUT2D eigenvalue weighted by Crippen LogP contribution is -2.47. The fraction of sp³-hybridized carbons (Fsp3) is 0.450. The van der Waals surface area contributed by atoms with Crippen molar-refractivity contribution in [3.8, 4) is 0 Å². The van der Waals surface area contributed by atoms with Gasteiger partial charge in [-0.3, -0.25) is 18.7 Å². The highest BCUT2D eigenvalue weighted by Crippen LogP contribution is 2.22. The lowest BCUT2D eigenvalue weighted by molar-refractivity contribution is -0.125. The predicted octanol–water partition coefficient (Wildman–Crippen LogP) is 1.38. The van der Waals surface area contributed by atoms with E-state index in [4.69, 9.17) is 0 Å². The van der Waals surface area contributed by atoms with E-state index >= 15 is 0 Å². The van der Waals surface area contributed by atoms with Crippen LogP contribution in [0.3, 0.4) is 0 Å². The fourth-order valence-corrected chi connectivity index (χ4v) is 3.66. The van der Waals surface area contributed by atoms with E-state index in [1.807, 2.05) is 11.8 Å². The number of piperidine rings is 1. The van der Waals surface area contributed by atoms with Crippen molar-refractivity contribution in [3.05, 3.63) is 62.3 Å². The maximum absolute atomic E-state index is 13.3. The molecule has 0 aliphatic carbocycles. The third kappa shape index (κ3) is 4.55. The molecule has 1 aliphatic rings. The maximum Gasteiger partial charge on any atom is 0.332 e. The van der Waals surface area contributed by atoms with Crippen LogP contribution in [0.2, 0.25) is 0 Å². The number of benzene rings is 1.